The highest BCUT2D eigenvalue weighted by atomic mass is 19.1. The van der Waals surface area contributed by atoms with E-state index in [0.29, 0.717) is 29.9 Å². The smallest absolute Gasteiger partial charge is 0.258 e. The molecule has 5 rings (SSSR count). The number of anilines is 2. The molecule has 5 nitrogen and oxygen atoms in total. The number of benzene rings is 3. The van der Waals surface area contributed by atoms with Gasteiger partial charge in [0.1, 0.15) is 5.82 Å². The van der Waals surface area contributed by atoms with E-state index in [4.69, 9.17) is 0 Å². The average molecular weight is 439 g/mol. The maximum Gasteiger partial charge on any atom is 0.258 e. The third-order valence-electron chi connectivity index (χ3n) is 6.01. The molecule has 0 saturated carbocycles. The van der Waals surface area contributed by atoms with Gasteiger partial charge in [-0.15, -0.1) is 0 Å². The summed E-state index contributed by atoms with van der Waals surface area (Å²) in [6.45, 7) is 2.76. The van der Waals surface area contributed by atoms with E-state index in [9.17, 15) is 14.0 Å². The number of fused-ring (bicyclic) bond motifs is 2. The van der Waals surface area contributed by atoms with Gasteiger partial charge in [0, 0.05) is 40.9 Å². The zero-order chi connectivity index (χ0) is 22.9. The summed E-state index contributed by atoms with van der Waals surface area (Å²) in [6.07, 6.45) is 2.03. The molecule has 0 aliphatic carbocycles. The molecule has 164 valence electrons. The molecule has 33 heavy (non-hydrogen) atoms. The highest BCUT2D eigenvalue weighted by Gasteiger charge is 2.24. The van der Waals surface area contributed by atoms with E-state index in [1.54, 1.807) is 42.2 Å². The van der Waals surface area contributed by atoms with Gasteiger partial charge in [0.05, 0.1) is 6.54 Å². The van der Waals surface area contributed by atoms with Crippen LogP contribution in [0.5, 0.6) is 0 Å². The molecule has 0 atom stereocenters. The van der Waals surface area contributed by atoms with Crippen molar-refractivity contribution >= 4 is 23.2 Å². The molecule has 6 heteroatoms. The van der Waals surface area contributed by atoms with Gasteiger partial charge in [0.15, 0.2) is 0 Å². The zero-order valence-electron chi connectivity index (χ0n) is 18.1. The Hall–Kier alpha value is -4.19. The second-order valence-corrected chi connectivity index (χ2v) is 8.09. The molecule has 0 saturated heterocycles. The van der Waals surface area contributed by atoms with E-state index in [1.807, 2.05) is 42.6 Å². The number of carbonyl (C=O) groups excluding carboxylic acids is 2. The van der Waals surface area contributed by atoms with Gasteiger partial charge in [-0.25, -0.2) is 4.39 Å². The largest absolute Gasteiger partial charge is 0.345 e. The number of nitrogens with one attached hydrogen (secondary N) is 1. The summed E-state index contributed by atoms with van der Waals surface area (Å²) in [6, 6.07) is 23.1. The van der Waals surface area contributed by atoms with Crippen LogP contribution in [-0.4, -0.2) is 16.4 Å². The number of rotatable bonds is 3. The third-order valence-corrected chi connectivity index (χ3v) is 6.01. The molecular formula is C27H22FN3O2. The van der Waals surface area contributed by atoms with Crippen LogP contribution in [0.4, 0.5) is 15.8 Å². The van der Waals surface area contributed by atoms with E-state index >= 15 is 0 Å². The Balaban J connectivity index is 1.39. The first-order valence-electron chi connectivity index (χ1n) is 10.7. The third kappa shape index (κ3) is 3.91. The minimum Gasteiger partial charge on any atom is -0.345 e. The van der Waals surface area contributed by atoms with Crippen LogP contribution in [0.15, 0.2) is 85.1 Å². The number of hydrogen-bond donors (Lipinski definition) is 1. The number of aromatic nitrogens is 1. The second-order valence-electron chi connectivity index (χ2n) is 8.09. The van der Waals surface area contributed by atoms with Gasteiger partial charge in [0.2, 0.25) is 0 Å². The predicted molar refractivity (Wildman–Crippen MR) is 126 cm³/mol. The number of halogens is 1. The summed E-state index contributed by atoms with van der Waals surface area (Å²) in [4.78, 5) is 27.8. The van der Waals surface area contributed by atoms with Crippen LogP contribution >= 0.6 is 0 Å². The van der Waals surface area contributed by atoms with Crippen molar-refractivity contribution in [3.05, 3.63) is 119 Å². The van der Waals surface area contributed by atoms with Crippen LogP contribution in [0.1, 0.15) is 37.5 Å². The van der Waals surface area contributed by atoms with Gasteiger partial charge in [-0.2, -0.15) is 0 Å². The first-order valence-corrected chi connectivity index (χ1v) is 10.7. The molecule has 2 heterocycles. The van der Waals surface area contributed by atoms with Crippen molar-refractivity contribution in [2.24, 2.45) is 0 Å². The Morgan fingerprint density at radius 3 is 2.48 bits per heavy atom. The molecule has 0 radical (unpaired) electrons. The number of carbonyl (C=O) groups is 2. The van der Waals surface area contributed by atoms with Crippen LogP contribution in [0.3, 0.4) is 0 Å². The summed E-state index contributed by atoms with van der Waals surface area (Å²) in [7, 11) is 0. The van der Waals surface area contributed by atoms with Gasteiger partial charge < -0.3 is 14.8 Å². The van der Waals surface area contributed by atoms with Crippen molar-refractivity contribution < 1.29 is 14.0 Å². The lowest BCUT2D eigenvalue weighted by molar-refractivity contribution is 0.0983. The highest BCUT2D eigenvalue weighted by Crippen LogP contribution is 2.29. The topological polar surface area (TPSA) is 54.3 Å². The minimum absolute atomic E-state index is 0.115. The quantitative estimate of drug-likeness (QED) is 0.465. The maximum atomic E-state index is 13.8. The zero-order valence-corrected chi connectivity index (χ0v) is 18.1. The molecule has 1 aliphatic heterocycles. The molecule has 0 fully saturated rings. The molecule has 0 spiro atoms. The normalized spacial score (nSPS) is 12.5. The maximum absolute atomic E-state index is 13.8. The van der Waals surface area contributed by atoms with E-state index in [-0.39, 0.29) is 11.5 Å². The Bertz CT molecular complexity index is 1360. The summed E-state index contributed by atoms with van der Waals surface area (Å²) in [5.41, 5.74) is 4.66. The molecule has 1 aliphatic rings. The summed E-state index contributed by atoms with van der Waals surface area (Å²) in [5.74, 6) is -0.934. The van der Waals surface area contributed by atoms with E-state index < -0.39 is 11.7 Å². The van der Waals surface area contributed by atoms with Crippen LogP contribution in [0.25, 0.3) is 0 Å². The van der Waals surface area contributed by atoms with Gasteiger partial charge in [0.25, 0.3) is 11.8 Å². The van der Waals surface area contributed by atoms with Crippen molar-refractivity contribution in [3.8, 4) is 0 Å². The van der Waals surface area contributed by atoms with Crippen molar-refractivity contribution in [1.82, 2.24) is 4.57 Å². The van der Waals surface area contributed by atoms with Crippen LogP contribution < -0.4 is 10.2 Å². The lowest BCUT2D eigenvalue weighted by atomic mass is 10.1. The highest BCUT2D eigenvalue weighted by molar-refractivity contribution is 6.08. The SMILES string of the molecule is Cc1c(F)cccc1C(=O)Nc1ccc(C(=O)N2Cc3cccn3Cc3ccccc32)cc1. The second kappa shape index (κ2) is 8.39. The van der Waals surface area contributed by atoms with Crippen LogP contribution in [0, 0.1) is 12.7 Å². The lowest BCUT2D eigenvalue weighted by Gasteiger charge is -2.23. The first kappa shape index (κ1) is 20.7. The van der Waals surface area contributed by atoms with E-state index in [1.165, 1.54) is 12.1 Å². The molecule has 1 N–H and O–H groups in total. The minimum atomic E-state index is -0.424. The monoisotopic (exact) mass is 439 g/mol. The number of amides is 2. The summed E-state index contributed by atoms with van der Waals surface area (Å²) < 4.78 is 15.9. The number of para-hydroxylation sites is 1. The van der Waals surface area contributed by atoms with E-state index in [0.717, 1.165) is 16.9 Å². The summed E-state index contributed by atoms with van der Waals surface area (Å²) >= 11 is 0. The first-order chi connectivity index (χ1) is 16.0. The average Bonchev–Trinajstić information content (AvgIpc) is 3.20. The van der Waals surface area contributed by atoms with Gasteiger partial charge in [-0.1, -0.05) is 24.3 Å². The lowest BCUT2D eigenvalue weighted by Crippen LogP contribution is -2.30. The van der Waals surface area contributed by atoms with Crippen molar-refractivity contribution in [2.75, 3.05) is 10.2 Å². The van der Waals surface area contributed by atoms with Gasteiger partial charge in [-0.05, 0) is 72.6 Å². The summed E-state index contributed by atoms with van der Waals surface area (Å²) in [5, 5.41) is 2.77. The Kier molecular flexibility index (Phi) is 5.26. The molecule has 2 amide bonds. The standard InChI is InChI=1S/C27H22FN3O2/c1-18-23(8-4-9-24(18)28)26(32)29-21-13-11-19(12-14-21)27(33)31-17-22-7-5-15-30(22)16-20-6-2-3-10-25(20)31/h2-15H,16-17H2,1H3,(H,29,32). The fraction of sp³-hybridized carbons (Fsp3) is 0.111. The number of nitrogens with zero attached hydrogens (tertiary/aromatic N) is 2. The number of hydrogen-bond acceptors (Lipinski definition) is 2. The van der Waals surface area contributed by atoms with Crippen molar-refractivity contribution in [2.45, 2.75) is 20.0 Å². The van der Waals surface area contributed by atoms with E-state index in [2.05, 4.69) is 9.88 Å². The molecular weight excluding hydrogens is 417 g/mol. The molecule has 1 aromatic heterocycles. The van der Waals surface area contributed by atoms with Gasteiger partial charge >= 0.3 is 0 Å². The molecule has 0 unspecified atom stereocenters. The Labute approximate surface area is 191 Å². The van der Waals surface area contributed by atoms with Crippen LogP contribution in [0.2, 0.25) is 0 Å². The van der Waals surface area contributed by atoms with Crippen LogP contribution in [-0.2, 0) is 13.1 Å². The molecule has 4 aromatic rings. The fourth-order valence-corrected chi connectivity index (χ4v) is 4.17. The Morgan fingerprint density at radius 2 is 1.67 bits per heavy atom. The van der Waals surface area contributed by atoms with Crippen molar-refractivity contribution in [1.29, 1.82) is 0 Å². The molecule has 0 bridgehead atoms. The Morgan fingerprint density at radius 1 is 0.879 bits per heavy atom. The fourth-order valence-electron chi connectivity index (χ4n) is 4.17. The van der Waals surface area contributed by atoms with Gasteiger partial charge in [-0.3, -0.25) is 9.59 Å². The predicted octanol–water partition coefficient (Wildman–Crippen LogP) is 5.40. The van der Waals surface area contributed by atoms with Crippen molar-refractivity contribution in [3.63, 3.8) is 0 Å². The molecule has 3 aromatic carbocycles.